The number of hydrogen-bond donors (Lipinski definition) is 2. The largest absolute Gasteiger partial charge is 0.465 e. The molecule has 0 unspecified atom stereocenters. The van der Waals surface area contributed by atoms with Crippen LogP contribution in [-0.4, -0.2) is 36.0 Å². The summed E-state index contributed by atoms with van der Waals surface area (Å²) in [6, 6.07) is 3.79. The van der Waals surface area contributed by atoms with Crippen LogP contribution in [0.3, 0.4) is 0 Å². The second kappa shape index (κ2) is 5.79. The minimum atomic E-state index is -1.07. The molecule has 2 aliphatic rings. The van der Waals surface area contributed by atoms with Crippen molar-refractivity contribution in [2.75, 3.05) is 18.0 Å². The summed E-state index contributed by atoms with van der Waals surface area (Å²) < 4.78 is 0. The summed E-state index contributed by atoms with van der Waals surface area (Å²) in [6.45, 7) is 0.989. The highest BCUT2D eigenvalue weighted by Crippen LogP contribution is 2.37. The predicted octanol–water partition coefficient (Wildman–Crippen LogP) is 1.75. The third kappa shape index (κ3) is 2.68. The normalized spacial score (nSPS) is 15.6. The topological polar surface area (TPSA) is 86.7 Å². The van der Waals surface area contributed by atoms with E-state index in [1.165, 1.54) is 0 Å². The lowest BCUT2D eigenvalue weighted by Gasteiger charge is -2.25. The van der Waals surface area contributed by atoms with Crippen molar-refractivity contribution in [3.05, 3.63) is 28.8 Å². The second-order valence-electron chi connectivity index (χ2n) is 5.70. The van der Waals surface area contributed by atoms with Crippen LogP contribution in [0.4, 0.5) is 10.5 Å². The van der Waals surface area contributed by atoms with Crippen LogP contribution in [0.5, 0.6) is 0 Å². The minimum absolute atomic E-state index is 0.0292. The molecule has 1 aromatic carbocycles. The first-order valence-corrected chi connectivity index (χ1v) is 7.52. The fraction of sp³-hybridized carbons (Fsp3) is 0.438. The molecular formula is C16H18N2O4. The molecule has 6 heteroatoms. The molecule has 0 saturated carbocycles. The van der Waals surface area contributed by atoms with E-state index in [0.717, 1.165) is 23.2 Å². The highest BCUT2D eigenvalue weighted by molar-refractivity contribution is 6.02. The molecule has 22 heavy (non-hydrogen) atoms. The van der Waals surface area contributed by atoms with E-state index < -0.39 is 6.09 Å². The molecule has 0 radical (unpaired) electrons. The van der Waals surface area contributed by atoms with Crippen LogP contribution in [0.1, 0.15) is 40.7 Å². The average molecular weight is 302 g/mol. The molecule has 116 valence electrons. The number of benzene rings is 1. The van der Waals surface area contributed by atoms with E-state index in [4.69, 9.17) is 5.11 Å². The first-order chi connectivity index (χ1) is 10.6. The van der Waals surface area contributed by atoms with Gasteiger partial charge in [0.2, 0.25) is 5.91 Å². The van der Waals surface area contributed by atoms with Crippen molar-refractivity contribution in [2.45, 2.75) is 32.1 Å². The molecule has 0 aromatic heterocycles. The number of rotatable bonds is 5. The molecule has 0 bridgehead atoms. The summed E-state index contributed by atoms with van der Waals surface area (Å²) in [5.74, 6) is 0.201. The van der Waals surface area contributed by atoms with Gasteiger partial charge in [0, 0.05) is 31.5 Å². The highest BCUT2D eigenvalue weighted by Gasteiger charge is 2.31. The molecule has 2 heterocycles. The van der Waals surface area contributed by atoms with Gasteiger partial charge in [-0.2, -0.15) is 0 Å². The zero-order valence-electron chi connectivity index (χ0n) is 12.2. The number of amides is 2. The van der Waals surface area contributed by atoms with Crippen LogP contribution < -0.4 is 10.2 Å². The van der Waals surface area contributed by atoms with Crippen molar-refractivity contribution in [2.24, 2.45) is 0 Å². The van der Waals surface area contributed by atoms with Gasteiger partial charge in [-0.25, -0.2) is 4.79 Å². The number of aryl methyl sites for hydroxylation is 1. The quantitative estimate of drug-likeness (QED) is 0.641. The van der Waals surface area contributed by atoms with Crippen LogP contribution >= 0.6 is 0 Å². The molecule has 6 nitrogen and oxygen atoms in total. The Morgan fingerprint density at radius 1 is 1.18 bits per heavy atom. The molecule has 0 spiro atoms. The number of nitrogens with one attached hydrogen (secondary N) is 1. The molecule has 0 saturated heterocycles. The van der Waals surface area contributed by atoms with E-state index in [1.54, 1.807) is 0 Å². The number of hydrogen-bond acceptors (Lipinski definition) is 3. The Morgan fingerprint density at radius 3 is 2.64 bits per heavy atom. The molecule has 0 aliphatic carbocycles. The molecule has 2 aliphatic heterocycles. The van der Waals surface area contributed by atoms with Gasteiger partial charge in [-0.05, 0) is 42.5 Å². The first kappa shape index (κ1) is 14.6. The standard InChI is InChI=1S/C16H18N2O4/c19-13(2-1-6-17-16(21)22)12-8-10-3-4-14(20)18-7-5-11(9-12)15(10)18/h8-9,17H,1-7H2,(H,21,22). The first-order valence-electron chi connectivity index (χ1n) is 7.52. The van der Waals surface area contributed by atoms with Crippen molar-refractivity contribution >= 4 is 23.5 Å². The summed E-state index contributed by atoms with van der Waals surface area (Å²) in [4.78, 5) is 36.3. The molecule has 0 fully saturated rings. The van der Waals surface area contributed by atoms with Gasteiger partial charge in [-0.1, -0.05) is 0 Å². The Kier molecular flexibility index (Phi) is 3.83. The van der Waals surface area contributed by atoms with Gasteiger partial charge in [-0.15, -0.1) is 0 Å². The van der Waals surface area contributed by atoms with Crippen LogP contribution in [0.2, 0.25) is 0 Å². The van der Waals surface area contributed by atoms with Crippen LogP contribution in [0, 0.1) is 0 Å². The summed E-state index contributed by atoms with van der Waals surface area (Å²) in [6.07, 6.45) is 1.74. The van der Waals surface area contributed by atoms with Crippen molar-refractivity contribution in [1.29, 1.82) is 0 Å². The van der Waals surface area contributed by atoms with Gasteiger partial charge >= 0.3 is 6.09 Å². The molecule has 1 aromatic rings. The smallest absolute Gasteiger partial charge is 0.404 e. The van der Waals surface area contributed by atoms with Gasteiger partial charge in [0.15, 0.2) is 5.78 Å². The average Bonchev–Trinajstić information content (AvgIpc) is 2.92. The van der Waals surface area contributed by atoms with Crippen LogP contribution in [-0.2, 0) is 17.6 Å². The number of carbonyl (C=O) groups is 3. The highest BCUT2D eigenvalue weighted by atomic mass is 16.4. The number of nitrogens with zero attached hydrogens (tertiary/aromatic N) is 1. The van der Waals surface area contributed by atoms with Crippen molar-refractivity contribution in [1.82, 2.24) is 5.32 Å². The van der Waals surface area contributed by atoms with E-state index in [1.807, 2.05) is 17.0 Å². The number of carboxylic acid groups (broad SMARTS) is 1. The van der Waals surface area contributed by atoms with Gasteiger partial charge in [0.25, 0.3) is 0 Å². The summed E-state index contributed by atoms with van der Waals surface area (Å²) >= 11 is 0. The second-order valence-corrected chi connectivity index (χ2v) is 5.70. The van der Waals surface area contributed by atoms with Gasteiger partial charge in [0.05, 0.1) is 5.69 Å². The Hall–Kier alpha value is -2.37. The number of ketones is 1. The Bertz CT molecular complexity index is 654. The lowest BCUT2D eigenvalue weighted by atomic mass is 9.94. The molecular weight excluding hydrogens is 284 g/mol. The fourth-order valence-corrected chi connectivity index (χ4v) is 3.21. The fourth-order valence-electron chi connectivity index (χ4n) is 3.21. The van der Waals surface area contributed by atoms with Crippen molar-refractivity contribution in [3.63, 3.8) is 0 Å². The maximum Gasteiger partial charge on any atom is 0.404 e. The maximum absolute atomic E-state index is 12.3. The number of anilines is 1. The maximum atomic E-state index is 12.3. The van der Waals surface area contributed by atoms with E-state index >= 15 is 0 Å². The van der Waals surface area contributed by atoms with Gasteiger partial charge in [-0.3, -0.25) is 9.59 Å². The third-order valence-electron chi connectivity index (χ3n) is 4.23. The Morgan fingerprint density at radius 2 is 1.91 bits per heavy atom. The van der Waals surface area contributed by atoms with E-state index in [-0.39, 0.29) is 18.2 Å². The number of Topliss-reactive ketones (excluding diaryl/α,β-unsaturated/α-hetero) is 1. The van der Waals surface area contributed by atoms with Crippen molar-refractivity contribution in [3.8, 4) is 0 Å². The molecule has 2 amide bonds. The Balaban J connectivity index is 1.72. The van der Waals surface area contributed by atoms with Crippen LogP contribution in [0.25, 0.3) is 0 Å². The zero-order valence-corrected chi connectivity index (χ0v) is 12.2. The third-order valence-corrected chi connectivity index (χ3v) is 4.23. The van der Waals surface area contributed by atoms with Gasteiger partial charge < -0.3 is 15.3 Å². The Labute approximate surface area is 128 Å². The summed E-state index contributed by atoms with van der Waals surface area (Å²) in [5, 5.41) is 10.8. The van der Waals surface area contributed by atoms with Crippen molar-refractivity contribution < 1.29 is 19.5 Å². The summed E-state index contributed by atoms with van der Waals surface area (Å²) in [5.41, 5.74) is 3.86. The van der Waals surface area contributed by atoms with E-state index in [0.29, 0.717) is 37.8 Å². The predicted molar refractivity (Wildman–Crippen MR) is 80.4 cm³/mol. The number of carbonyl (C=O) groups excluding carboxylic acids is 2. The van der Waals surface area contributed by atoms with E-state index in [2.05, 4.69) is 5.32 Å². The monoisotopic (exact) mass is 302 g/mol. The lowest BCUT2D eigenvalue weighted by molar-refractivity contribution is -0.118. The molecule has 3 rings (SSSR count). The van der Waals surface area contributed by atoms with Gasteiger partial charge in [0.1, 0.15) is 0 Å². The molecule has 2 N–H and O–H groups in total. The summed E-state index contributed by atoms with van der Waals surface area (Å²) in [7, 11) is 0. The zero-order chi connectivity index (χ0) is 15.7. The van der Waals surface area contributed by atoms with Crippen LogP contribution in [0.15, 0.2) is 12.1 Å². The lowest BCUT2D eigenvalue weighted by Crippen LogP contribution is -2.32. The van der Waals surface area contributed by atoms with E-state index in [9.17, 15) is 14.4 Å². The SMILES string of the molecule is O=C(O)NCCCC(=O)c1cc2c3c(c1)CCN3C(=O)CC2. The minimum Gasteiger partial charge on any atom is -0.465 e. The molecule has 0 atom stereocenters.